The minimum absolute atomic E-state index is 0.0533. The summed E-state index contributed by atoms with van der Waals surface area (Å²) in [6.45, 7) is 18.1. The van der Waals surface area contributed by atoms with E-state index in [4.69, 9.17) is 4.74 Å². The van der Waals surface area contributed by atoms with Gasteiger partial charge in [0.25, 0.3) is 0 Å². The molecule has 0 radical (unpaired) electrons. The van der Waals surface area contributed by atoms with Crippen LogP contribution in [0.5, 0.6) is 5.75 Å². The van der Waals surface area contributed by atoms with Crippen LogP contribution in [-0.2, 0) is 5.41 Å². The van der Waals surface area contributed by atoms with Gasteiger partial charge in [0.2, 0.25) is 0 Å². The predicted octanol–water partition coefficient (Wildman–Crippen LogP) is 5.89. The quantitative estimate of drug-likeness (QED) is 0.676. The molecular formula is C21H30O. The Balaban J connectivity index is 2.72. The van der Waals surface area contributed by atoms with Gasteiger partial charge in [0.1, 0.15) is 5.75 Å². The topological polar surface area (TPSA) is 9.23 Å². The molecule has 0 fully saturated rings. The maximum atomic E-state index is 5.76. The normalized spacial score (nSPS) is 19.2. The zero-order valence-electron chi connectivity index (χ0n) is 15.6. The van der Waals surface area contributed by atoms with Crippen LogP contribution in [0.25, 0.3) is 0 Å². The van der Waals surface area contributed by atoms with Crippen LogP contribution in [0.2, 0.25) is 0 Å². The van der Waals surface area contributed by atoms with Gasteiger partial charge in [-0.2, -0.15) is 0 Å². The molecule has 1 atom stereocenters. The first-order valence-corrected chi connectivity index (χ1v) is 8.17. The highest BCUT2D eigenvalue weighted by molar-refractivity contribution is 5.59. The molecule has 0 amide bonds. The second kappa shape index (κ2) is 5.61. The van der Waals surface area contributed by atoms with Gasteiger partial charge in [-0.15, -0.1) is 0 Å². The summed E-state index contributed by atoms with van der Waals surface area (Å²) in [7, 11) is 1.78. The second-order valence-electron chi connectivity index (χ2n) is 7.38. The van der Waals surface area contributed by atoms with E-state index in [0.29, 0.717) is 5.92 Å². The number of ether oxygens (including phenoxy) is 1. The largest absolute Gasteiger partial charge is 0.496 e. The lowest BCUT2D eigenvalue weighted by Crippen LogP contribution is -2.23. The van der Waals surface area contributed by atoms with Crippen molar-refractivity contribution in [2.24, 2.45) is 5.92 Å². The molecule has 1 heteroatoms. The average Bonchev–Trinajstić information content (AvgIpc) is 2.62. The van der Waals surface area contributed by atoms with Crippen LogP contribution in [0.1, 0.15) is 58.2 Å². The van der Waals surface area contributed by atoms with Crippen molar-refractivity contribution in [3.8, 4) is 5.75 Å². The molecule has 1 aromatic rings. The van der Waals surface area contributed by atoms with Gasteiger partial charge >= 0.3 is 0 Å². The second-order valence-corrected chi connectivity index (χ2v) is 7.38. The van der Waals surface area contributed by atoms with Gasteiger partial charge in [-0.05, 0) is 57.2 Å². The SMILES string of the molecule is COc1c(C)cc(C)cc1C(C)(C)C1=C(C)C(C)C(C)=C1C. The van der Waals surface area contributed by atoms with E-state index in [1.165, 1.54) is 39.0 Å². The molecule has 2 rings (SSSR count). The van der Waals surface area contributed by atoms with E-state index in [1.807, 2.05) is 0 Å². The lowest BCUT2D eigenvalue weighted by molar-refractivity contribution is 0.397. The maximum Gasteiger partial charge on any atom is 0.125 e. The Morgan fingerprint density at radius 1 is 0.955 bits per heavy atom. The third kappa shape index (κ3) is 2.41. The summed E-state index contributed by atoms with van der Waals surface area (Å²) in [5.74, 6) is 1.58. The molecule has 0 saturated carbocycles. The number of allylic oxidation sites excluding steroid dienone is 4. The van der Waals surface area contributed by atoms with Crippen LogP contribution in [0.3, 0.4) is 0 Å². The summed E-state index contributed by atoms with van der Waals surface area (Å²) in [5.41, 5.74) is 9.70. The Morgan fingerprint density at radius 2 is 1.55 bits per heavy atom. The molecule has 1 aromatic carbocycles. The van der Waals surface area contributed by atoms with E-state index in [9.17, 15) is 0 Å². The van der Waals surface area contributed by atoms with Gasteiger partial charge in [0, 0.05) is 11.0 Å². The number of benzene rings is 1. The fraction of sp³-hybridized carbons (Fsp3) is 0.524. The van der Waals surface area contributed by atoms with E-state index in [-0.39, 0.29) is 5.41 Å². The number of rotatable bonds is 3. The fourth-order valence-corrected chi connectivity index (χ4v) is 4.14. The van der Waals surface area contributed by atoms with Crippen molar-refractivity contribution in [3.63, 3.8) is 0 Å². The van der Waals surface area contributed by atoms with Gasteiger partial charge in [0.15, 0.2) is 0 Å². The maximum absolute atomic E-state index is 5.76. The van der Waals surface area contributed by atoms with Crippen LogP contribution < -0.4 is 4.74 Å². The smallest absolute Gasteiger partial charge is 0.125 e. The molecule has 0 aromatic heterocycles. The first-order chi connectivity index (χ1) is 10.1. The Bertz CT molecular complexity index is 671. The van der Waals surface area contributed by atoms with Crippen LogP contribution in [0, 0.1) is 19.8 Å². The molecule has 0 bridgehead atoms. The summed E-state index contributed by atoms with van der Waals surface area (Å²) in [5, 5.41) is 0. The van der Waals surface area contributed by atoms with Crippen LogP contribution >= 0.6 is 0 Å². The van der Waals surface area contributed by atoms with Crippen molar-refractivity contribution in [2.45, 2.75) is 60.8 Å². The van der Waals surface area contributed by atoms with Crippen molar-refractivity contribution in [3.05, 3.63) is 51.1 Å². The summed E-state index contributed by atoms with van der Waals surface area (Å²) < 4.78 is 5.76. The Kier molecular flexibility index (Phi) is 4.30. The molecule has 1 aliphatic carbocycles. The molecule has 120 valence electrons. The summed E-state index contributed by atoms with van der Waals surface area (Å²) in [6.07, 6.45) is 0. The first kappa shape index (κ1) is 16.9. The van der Waals surface area contributed by atoms with Gasteiger partial charge < -0.3 is 4.74 Å². The Labute approximate surface area is 136 Å². The molecular weight excluding hydrogens is 268 g/mol. The molecule has 22 heavy (non-hydrogen) atoms. The molecule has 1 unspecified atom stereocenters. The highest BCUT2D eigenvalue weighted by Gasteiger charge is 2.36. The van der Waals surface area contributed by atoms with Gasteiger partial charge in [-0.3, -0.25) is 0 Å². The zero-order chi connectivity index (χ0) is 16.8. The molecule has 1 nitrogen and oxygen atoms in total. The lowest BCUT2D eigenvalue weighted by atomic mass is 9.73. The Morgan fingerprint density at radius 3 is 2.00 bits per heavy atom. The van der Waals surface area contributed by atoms with Gasteiger partial charge in [0.05, 0.1) is 7.11 Å². The number of hydrogen-bond donors (Lipinski definition) is 0. The standard InChI is InChI=1S/C21H30O/c1-12-10-13(2)20(22-9)18(11-12)21(7,8)19-16(5)14(3)15(4)17(19)6/h10-11,14H,1-9H3. The van der Waals surface area contributed by atoms with Crippen LogP contribution in [0.15, 0.2) is 34.4 Å². The number of hydrogen-bond acceptors (Lipinski definition) is 1. The lowest BCUT2D eigenvalue weighted by Gasteiger charge is -2.32. The minimum atomic E-state index is -0.0533. The highest BCUT2D eigenvalue weighted by atomic mass is 16.5. The van der Waals surface area contributed by atoms with Crippen molar-refractivity contribution in [1.29, 1.82) is 0 Å². The molecule has 0 spiro atoms. The van der Waals surface area contributed by atoms with Gasteiger partial charge in [-0.1, -0.05) is 49.6 Å². The molecule has 1 aliphatic rings. The average molecular weight is 298 g/mol. The van der Waals surface area contributed by atoms with E-state index < -0.39 is 0 Å². The van der Waals surface area contributed by atoms with E-state index in [0.717, 1.165) is 5.75 Å². The van der Waals surface area contributed by atoms with E-state index in [2.05, 4.69) is 67.5 Å². The molecule has 0 N–H and O–H groups in total. The molecule has 0 saturated heterocycles. The summed E-state index contributed by atoms with van der Waals surface area (Å²) >= 11 is 0. The summed E-state index contributed by atoms with van der Waals surface area (Å²) in [4.78, 5) is 0. The molecule has 0 heterocycles. The number of aryl methyl sites for hydroxylation is 2. The van der Waals surface area contributed by atoms with Crippen molar-refractivity contribution >= 4 is 0 Å². The minimum Gasteiger partial charge on any atom is -0.496 e. The van der Waals surface area contributed by atoms with Crippen LogP contribution in [-0.4, -0.2) is 7.11 Å². The van der Waals surface area contributed by atoms with E-state index in [1.54, 1.807) is 7.11 Å². The molecule has 0 aliphatic heterocycles. The monoisotopic (exact) mass is 298 g/mol. The van der Waals surface area contributed by atoms with Crippen LogP contribution in [0.4, 0.5) is 0 Å². The zero-order valence-corrected chi connectivity index (χ0v) is 15.6. The number of methoxy groups -OCH3 is 1. The van der Waals surface area contributed by atoms with E-state index >= 15 is 0 Å². The highest BCUT2D eigenvalue weighted by Crippen LogP contribution is 2.49. The van der Waals surface area contributed by atoms with Crippen molar-refractivity contribution < 1.29 is 4.74 Å². The van der Waals surface area contributed by atoms with Gasteiger partial charge in [-0.25, -0.2) is 0 Å². The third-order valence-electron chi connectivity index (χ3n) is 5.58. The first-order valence-electron chi connectivity index (χ1n) is 8.17. The Hall–Kier alpha value is -1.50. The third-order valence-corrected chi connectivity index (χ3v) is 5.58. The predicted molar refractivity (Wildman–Crippen MR) is 95.7 cm³/mol. The summed E-state index contributed by atoms with van der Waals surface area (Å²) in [6, 6.07) is 4.49. The van der Waals surface area contributed by atoms with Crippen molar-refractivity contribution in [2.75, 3.05) is 7.11 Å². The van der Waals surface area contributed by atoms with Crippen molar-refractivity contribution in [1.82, 2.24) is 0 Å². The fourth-order valence-electron chi connectivity index (χ4n) is 4.14.